The number of carbonyl (C=O) groups is 2. The molecule has 1 aromatic carbocycles. The highest BCUT2D eigenvalue weighted by atomic mass is 35.5. The van der Waals surface area contributed by atoms with E-state index in [9.17, 15) is 14.0 Å². The van der Waals surface area contributed by atoms with Crippen LogP contribution in [0.2, 0.25) is 5.02 Å². The van der Waals surface area contributed by atoms with E-state index in [1.807, 2.05) is 4.90 Å². The van der Waals surface area contributed by atoms with Crippen LogP contribution in [0.1, 0.15) is 49.9 Å². The molecule has 24 heavy (non-hydrogen) atoms. The summed E-state index contributed by atoms with van der Waals surface area (Å²) in [6.45, 7) is 5.31. The molecule has 6 heteroatoms. The lowest BCUT2D eigenvalue weighted by atomic mass is 10.1. The van der Waals surface area contributed by atoms with Gasteiger partial charge in [-0.2, -0.15) is 0 Å². The van der Waals surface area contributed by atoms with Crippen molar-refractivity contribution in [3.05, 3.63) is 34.6 Å². The largest absolute Gasteiger partial charge is 0.351 e. The molecule has 2 amide bonds. The Morgan fingerprint density at radius 1 is 1.38 bits per heavy atom. The fraction of sp³-hybridized carbons (Fsp3) is 0.556. The van der Waals surface area contributed by atoms with Gasteiger partial charge in [-0.25, -0.2) is 4.39 Å². The average molecular weight is 355 g/mol. The highest BCUT2D eigenvalue weighted by molar-refractivity contribution is 6.33. The van der Waals surface area contributed by atoms with Gasteiger partial charge in [-0.15, -0.1) is 0 Å². The van der Waals surface area contributed by atoms with Crippen molar-refractivity contribution in [1.82, 2.24) is 10.2 Å². The van der Waals surface area contributed by atoms with E-state index in [4.69, 9.17) is 11.6 Å². The van der Waals surface area contributed by atoms with Crippen LogP contribution in [-0.4, -0.2) is 35.8 Å². The number of carbonyl (C=O) groups excluding carboxylic acids is 2. The highest BCUT2D eigenvalue weighted by Gasteiger charge is 2.31. The van der Waals surface area contributed by atoms with E-state index in [0.29, 0.717) is 12.0 Å². The highest BCUT2D eigenvalue weighted by Crippen LogP contribution is 2.28. The van der Waals surface area contributed by atoms with Gasteiger partial charge in [-0.3, -0.25) is 9.59 Å². The van der Waals surface area contributed by atoms with Crippen LogP contribution in [0.15, 0.2) is 18.2 Å². The van der Waals surface area contributed by atoms with Crippen LogP contribution in [0.25, 0.3) is 0 Å². The number of hydrogen-bond acceptors (Lipinski definition) is 2. The third kappa shape index (κ3) is 5.48. The summed E-state index contributed by atoms with van der Waals surface area (Å²) in [5.41, 5.74) is 0.212. The average Bonchev–Trinajstić information content (AvgIpc) is 3.31. The summed E-state index contributed by atoms with van der Waals surface area (Å²) < 4.78 is 13.0. The Kier molecular flexibility index (Phi) is 6.60. The maximum atomic E-state index is 13.0. The molecular weight excluding hydrogens is 331 g/mol. The van der Waals surface area contributed by atoms with Crippen LogP contribution in [0.5, 0.6) is 0 Å². The van der Waals surface area contributed by atoms with E-state index in [-0.39, 0.29) is 29.5 Å². The monoisotopic (exact) mass is 354 g/mol. The van der Waals surface area contributed by atoms with Crippen LogP contribution < -0.4 is 5.32 Å². The molecule has 1 saturated carbocycles. The molecule has 0 radical (unpaired) electrons. The third-order valence-electron chi connectivity index (χ3n) is 4.06. The lowest BCUT2D eigenvalue weighted by Gasteiger charge is -2.23. The molecule has 0 heterocycles. The zero-order chi connectivity index (χ0) is 17.7. The zero-order valence-electron chi connectivity index (χ0n) is 14.1. The van der Waals surface area contributed by atoms with E-state index < -0.39 is 11.7 Å². The van der Waals surface area contributed by atoms with Crippen molar-refractivity contribution in [1.29, 1.82) is 0 Å². The number of nitrogens with one attached hydrogen (secondary N) is 1. The Bertz CT molecular complexity index is 603. The summed E-state index contributed by atoms with van der Waals surface area (Å²) in [5.74, 6) is -0.257. The minimum atomic E-state index is -0.489. The van der Waals surface area contributed by atoms with Gasteiger partial charge in [0.05, 0.1) is 10.6 Å². The molecule has 1 aromatic rings. The summed E-state index contributed by atoms with van der Waals surface area (Å²) >= 11 is 5.86. The summed E-state index contributed by atoms with van der Waals surface area (Å²) in [6, 6.07) is 4.00. The van der Waals surface area contributed by atoms with Gasteiger partial charge in [-0.1, -0.05) is 25.4 Å². The zero-order valence-corrected chi connectivity index (χ0v) is 14.9. The fourth-order valence-corrected chi connectivity index (χ4v) is 2.74. The Morgan fingerprint density at radius 3 is 2.67 bits per heavy atom. The van der Waals surface area contributed by atoms with E-state index in [1.165, 1.54) is 12.1 Å². The summed E-state index contributed by atoms with van der Waals surface area (Å²) in [7, 11) is 0. The molecule has 1 aliphatic carbocycles. The number of benzene rings is 1. The van der Waals surface area contributed by atoms with Crippen LogP contribution in [0.4, 0.5) is 4.39 Å². The maximum absolute atomic E-state index is 13.0. The predicted molar refractivity (Wildman–Crippen MR) is 92.6 cm³/mol. The van der Waals surface area contributed by atoms with Gasteiger partial charge >= 0.3 is 0 Å². The predicted octanol–water partition coefficient (Wildman–Crippen LogP) is 3.64. The Morgan fingerprint density at radius 2 is 2.08 bits per heavy atom. The first kappa shape index (κ1) is 18.7. The number of nitrogens with zero attached hydrogens (tertiary/aromatic N) is 1. The maximum Gasteiger partial charge on any atom is 0.252 e. The second-order valence-electron chi connectivity index (χ2n) is 6.63. The van der Waals surface area contributed by atoms with Gasteiger partial charge in [0.1, 0.15) is 5.82 Å². The first-order valence-corrected chi connectivity index (χ1v) is 8.79. The van der Waals surface area contributed by atoms with E-state index in [0.717, 1.165) is 31.9 Å². The first-order valence-electron chi connectivity index (χ1n) is 8.41. The molecule has 0 unspecified atom stereocenters. The van der Waals surface area contributed by atoms with Crippen molar-refractivity contribution in [2.45, 2.75) is 45.6 Å². The summed E-state index contributed by atoms with van der Waals surface area (Å²) in [4.78, 5) is 26.4. The first-order chi connectivity index (χ1) is 11.4. The standard InChI is InChI=1S/C18H24ClFN2O2/c1-12(2)8-10-22(14-4-5-14)17(23)7-9-21-18(24)15-6-3-13(20)11-16(15)19/h3,6,11-12,14H,4-5,7-10H2,1-2H3,(H,21,24). The van der Waals surface area contributed by atoms with Gasteiger partial charge in [0.2, 0.25) is 5.91 Å². The molecule has 1 aliphatic rings. The van der Waals surface area contributed by atoms with Gasteiger partial charge in [0.25, 0.3) is 5.91 Å². The number of amides is 2. The van der Waals surface area contributed by atoms with Crippen LogP contribution in [0.3, 0.4) is 0 Å². The SMILES string of the molecule is CC(C)CCN(C(=O)CCNC(=O)c1ccc(F)cc1Cl)C1CC1. The molecule has 2 rings (SSSR count). The molecular formula is C18H24ClFN2O2. The number of hydrogen-bond donors (Lipinski definition) is 1. The Hall–Kier alpha value is -1.62. The lowest BCUT2D eigenvalue weighted by molar-refractivity contribution is -0.131. The van der Waals surface area contributed by atoms with E-state index in [1.54, 1.807) is 0 Å². The molecule has 1 fully saturated rings. The number of rotatable bonds is 8. The Balaban J connectivity index is 1.81. The van der Waals surface area contributed by atoms with Crippen molar-refractivity contribution in [3.8, 4) is 0 Å². The molecule has 0 spiro atoms. The van der Waals surface area contributed by atoms with Gasteiger partial charge in [-0.05, 0) is 43.4 Å². The minimum absolute atomic E-state index is 0.0652. The van der Waals surface area contributed by atoms with Gasteiger partial charge in [0.15, 0.2) is 0 Å². The third-order valence-corrected chi connectivity index (χ3v) is 4.37. The van der Waals surface area contributed by atoms with Crippen LogP contribution in [0, 0.1) is 11.7 Å². The minimum Gasteiger partial charge on any atom is -0.351 e. The van der Waals surface area contributed by atoms with Gasteiger partial charge in [0, 0.05) is 25.6 Å². The fourth-order valence-electron chi connectivity index (χ4n) is 2.49. The molecule has 0 bridgehead atoms. The van der Waals surface area contributed by atoms with E-state index in [2.05, 4.69) is 19.2 Å². The number of halogens is 2. The van der Waals surface area contributed by atoms with Crippen molar-refractivity contribution in [2.75, 3.05) is 13.1 Å². The Labute approximate surface area is 147 Å². The van der Waals surface area contributed by atoms with Crippen molar-refractivity contribution in [2.24, 2.45) is 5.92 Å². The van der Waals surface area contributed by atoms with Crippen LogP contribution >= 0.6 is 11.6 Å². The summed E-state index contributed by atoms with van der Waals surface area (Å²) in [6.07, 6.45) is 3.39. The summed E-state index contributed by atoms with van der Waals surface area (Å²) in [5, 5.41) is 2.74. The van der Waals surface area contributed by atoms with Gasteiger partial charge < -0.3 is 10.2 Å². The van der Waals surface area contributed by atoms with Crippen molar-refractivity contribution in [3.63, 3.8) is 0 Å². The van der Waals surface area contributed by atoms with Crippen molar-refractivity contribution < 1.29 is 14.0 Å². The van der Waals surface area contributed by atoms with Crippen molar-refractivity contribution >= 4 is 23.4 Å². The smallest absolute Gasteiger partial charge is 0.252 e. The normalized spacial score (nSPS) is 13.9. The lowest BCUT2D eigenvalue weighted by Crippen LogP contribution is -2.37. The second-order valence-corrected chi connectivity index (χ2v) is 7.04. The topological polar surface area (TPSA) is 49.4 Å². The quantitative estimate of drug-likeness (QED) is 0.774. The van der Waals surface area contributed by atoms with Crippen LogP contribution in [-0.2, 0) is 4.79 Å². The molecule has 0 saturated heterocycles. The molecule has 1 N–H and O–H groups in total. The molecule has 4 nitrogen and oxygen atoms in total. The second kappa shape index (κ2) is 8.47. The molecule has 0 atom stereocenters. The molecule has 132 valence electrons. The molecule has 0 aliphatic heterocycles. The molecule has 0 aromatic heterocycles. The van der Waals surface area contributed by atoms with E-state index >= 15 is 0 Å².